The van der Waals surface area contributed by atoms with Gasteiger partial charge in [0.05, 0.1) is 26.4 Å². The van der Waals surface area contributed by atoms with Crippen LogP contribution in [-0.2, 0) is 18.3 Å². The number of nitrogens with zero attached hydrogens (tertiary/aromatic N) is 7. The zero-order chi connectivity index (χ0) is 21.3. The first-order valence-electron chi connectivity index (χ1n) is 10.8. The van der Waals surface area contributed by atoms with E-state index in [0.717, 1.165) is 68.6 Å². The van der Waals surface area contributed by atoms with Crippen molar-refractivity contribution in [2.45, 2.75) is 26.4 Å². The van der Waals surface area contributed by atoms with Crippen LogP contribution in [0.5, 0.6) is 0 Å². The minimum Gasteiger partial charge on any atom is -0.395 e. The molecule has 9 nitrogen and oxygen atoms in total. The molecule has 4 heterocycles. The van der Waals surface area contributed by atoms with Crippen molar-refractivity contribution in [2.24, 2.45) is 13.0 Å². The molecule has 2 fully saturated rings. The number of hydrogen-bond donors (Lipinski definition) is 1. The number of aryl methyl sites for hydroxylation is 1. The molecule has 0 spiro atoms. The Morgan fingerprint density at radius 2 is 1.73 bits per heavy atom. The fraction of sp³-hybridized carbons (Fsp3) is 0.750. The normalized spacial score (nSPS) is 20.4. The van der Waals surface area contributed by atoms with Crippen LogP contribution in [0.2, 0.25) is 5.28 Å². The molecule has 0 radical (unpaired) electrons. The Morgan fingerprint density at radius 1 is 1.03 bits per heavy atom. The van der Waals surface area contributed by atoms with Gasteiger partial charge in [0.15, 0.2) is 17.0 Å². The van der Waals surface area contributed by atoms with Gasteiger partial charge in [0.1, 0.15) is 5.82 Å². The van der Waals surface area contributed by atoms with Gasteiger partial charge in [-0.05, 0) is 17.5 Å². The highest BCUT2D eigenvalue weighted by molar-refractivity contribution is 6.28. The van der Waals surface area contributed by atoms with Gasteiger partial charge in [-0.1, -0.05) is 13.8 Å². The van der Waals surface area contributed by atoms with Gasteiger partial charge in [0.2, 0.25) is 5.28 Å². The second kappa shape index (κ2) is 9.32. The number of ether oxygens (including phenoxy) is 1. The molecule has 2 aromatic heterocycles. The van der Waals surface area contributed by atoms with Gasteiger partial charge < -0.3 is 19.3 Å². The molecule has 2 aliphatic rings. The summed E-state index contributed by atoms with van der Waals surface area (Å²) in [6, 6.07) is 0.233. The fourth-order valence-corrected chi connectivity index (χ4v) is 4.56. The Kier molecular flexibility index (Phi) is 6.74. The quantitative estimate of drug-likeness (QED) is 0.670. The van der Waals surface area contributed by atoms with Crippen LogP contribution in [0.3, 0.4) is 0 Å². The molecule has 10 heteroatoms. The first-order chi connectivity index (χ1) is 14.5. The molecule has 1 atom stereocenters. The molecule has 0 saturated carbocycles. The van der Waals surface area contributed by atoms with Crippen molar-refractivity contribution >= 4 is 28.6 Å². The number of anilines is 1. The van der Waals surface area contributed by atoms with Crippen molar-refractivity contribution in [1.82, 2.24) is 29.3 Å². The van der Waals surface area contributed by atoms with E-state index in [4.69, 9.17) is 21.3 Å². The van der Waals surface area contributed by atoms with Crippen LogP contribution < -0.4 is 4.90 Å². The Balaban J connectivity index is 1.51. The summed E-state index contributed by atoms with van der Waals surface area (Å²) < 4.78 is 7.50. The first-order valence-corrected chi connectivity index (χ1v) is 11.1. The van der Waals surface area contributed by atoms with Gasteiger partial charge >= 0.3 is 0 Å². The number of fused-ring (bicyclic) bond motifs is 1. The molecule has 4 rings (SSSR count). The van der Waals surface area contributed by atoms with Crippen LogP contribution in [-0.4, -0.2) is 99.6 Å². The van der Waals surface area contributed by atoms with Gasteiger partial charge in [-0.15, -0.1) is 0 Å². The van der Waals surface area contributed by atoms with Crippen LogP contribution in [0.15, 0.2) is 0 Å². The summed E-state index contributed by atoms with van der Waals surface area (Å²) in [7, 11) is 1.99. The highest BCUT2D eigenvalue weighted by atomic mass is 35.5. The number of aliphatic hydroxyl groups is 1. The van der Waals surface area contributed by atoms with Crippen molar-refractivity contribution in [2.75, 3.05) is 64.0 Å². The second-order valence-electron chi connectivity index (χ2n) is 8.48. The van der Waals surface area contributed by atoms with Gasteiger partial charge in [-0.3, -0.25) is 9.80 Å². The molecule has 0 bridgehead atoms. The lowest BCUT2D eigenvalue weighted by molar-refractivity contribution is 0.0411. The maximum atomic E-state index is 9.72. The molecule has 0 amide bonds. The SMILES string of the molecule is CC(C)C(CO)N1CCN(Cc2nc3c(N4CCOCC4)nc(Cl)nc3n2C)CC1. The van der Waals surface area contributed by atoms with E-state index in [1.165, 1.54) is 0 Å². The third-order valence-electron chi connectivity index (χ3n) is 6.27. The lowest BCUT2D eigenvalue weighted by atomic mass is 10.0. The monoisotopic (exact) mass is 437 g/mol. The molecule has 2 aromatic rings. The third-order valence-corrected chi connectivity index (χ3v) is 6.44. The molecule has 2 aliphatic heterocycles. The lowest BCUT2D eigenvalue weighted by Gasteiger charge is -2.40. The molecule has 0 aliphatic carbocycles. The maximum Gasteiger partial charge on any atom is 0.226 e. The van der Waals surface area contributed by atoms with Crippen LogP contribution in [0.25, 0.3) is 11.2 Å². The standard InChI is InChI=1S/C20H32ClN7O2/c1-14(2)15(13-29)27-6-4-26(5-7-27)12-16-22-17-18(25(16)3)23-20(21)24-19(17)28-8-10-30-11-9-28/h14-15,29H,4-13H2,1-3H3. The van der Waals surface area contributed by atoms with Crippen LogP contribution in [0.4, 0.5) is 5.82 Å². The number of halogens is 1. The summed E-state index contributed by atoms with van der Waals surface area (Å²) in [5, 5.41) is 9.96. The summed E-state index contributed by atoms with van der Waals surface area (Å²) in [4.78, 5) is 20.9. The number of aliphatic hydroxyl groups excluding tert-OH is 1. The Morgan fingerprint density at radius 3 is 2.37 bits per heavy atom. The molecular formula is C20H32ClN7O2. The predicted octanol–water partition coefficient (Wildman–Crippen LogP) is 0.988. The number of hydrogen-bond acceptors (Lipinski definition) is 8. The first kappa shape index (κ1) is 21.7. The molecule has 1 unspecified atom stereocenters. The predicted molar refractivity (Wildman–Crippen MR) is 117 cm³/mol. The van der Waals surface area contributed by atoms with E-state index < -0.39 is 0 Å². The number of piperazine rings is 1. The van der Waals surface area contributed by atoms with Gasteiger partial charge in [-0.25, -0.2) is 4.98 Å². The summed E-state index contributed by atoms with van der Waals surface area (Å²) in [5.41, 5.74) is 1.57. The van der Waals surface area contributed by atoms with Crippen molar-refractivity contribution in [3.05, 3.63) is 11.1 Å². The molecule has 0 aromatic carbocycles. The minimum atomic E-state index is 0.214. The van der Waals surface area contributed by atoms with E-state index in [0.29, 0.717) is 19.1 Å². The van der Waals surface area contributed by atoms with Crippen molar-refractivity contribution in [3.8, 4) is 0 Å². The van der Waals surface area contributed by atoms with Crippen LogP contribution in [0, 0.1) is 5.92 Å². The molecule has 166 valence electrons. The van der Waals surface area contributed by atoms with E-state index in [-0.39, 0.29) is 17.9 Å². The lowest BCUT2D eigenvalue weighted by Crippen LogP contribution is -2.52. The van der Waals surface area contributed by atoms with Gasteiger partial charge in [0, 0.05) is 52.4 Å². The van der Waals surface area contributed by atoms with Crippen molar-refractivity contribution in [3.63, 3.8) is 0 Å². The largest absolute Gasteiger partial charge is 0.395 e. The topological polar surface area (TPSA) is 82.8 Å². The third kappa shape index (κ3) is 4.40. The molecule has 2 saturated heterocycles. The number of rotatable bonds is 6. The highest BCUT2D eigenvalue weighted by Gasteiger charge is 2.27. The van der Waals surface area contributed by atoms with Crippen LogP contribution >= 0.6 is 11.6 Å². The Hall–Kier alpha value is -1.52. The number of morpholine rings is 1. The zero-order valence-electron chi connectivity index (χ0n) is 18.1. The maximum absolute atomic E-state index is 9.72. The van der Waals surface area contributed by atoms with Crippen molar-refractivity contribution in [1.29, 1.82) is 0 Å². The Bertz CT molecular complexity index is 860. The van der Waals surface area contributed by atoms with Gasteiger partial charge in [-0.2, -0.15) is 9.97 Å². The van der Waals surface area contributed by atoms with Gasteiger partial charge in [0.25, 0.3) is 0 Å². The summed E-state index contributed by atoms with van der Waals surface area (Å²) in [5.74, 6) is 2.21. The average molecular weight is 438 g/mol. The minimum absolute atomic E-state index is 0.214. The van der Waals surface area contributed by atoms with Crippen molar-refractivity contribution < 1.29 is 9.84 Å². The van der Waals surface area contributed by atoms with Crippen LogP contribution in [0.1, 0.15) is 19.7 Å². The van der Waals surface area contributed by atoms with E-state index in [9.17, 15) is 5.11 Å². The molecular weight excluding hydrogens is 406 g/mol. The summed E-state index contributed by atoms with van der Waals surface area (Å²) in [6.45, 7) is 12.0. The zero-order valence-corrected chi connectivity index (χ0v) is 18.8. The number of imidazole rings is 1. The number of aromatic nitrogens is 4. The average Bonchev–Trinajstić information content (AvgIpc) is 3.05. The van der Waals surface area contributed by atoms with E-state index in [1.807, 2.05) is 11.6 Å². The Labute approximate surface area is 182 Å². The van der Waals surface area contributed by atoms with E-state index in [1.54, 1.807) is 0 Å². The van der Waals surface area contributed by atoms with E-state index in [2.05, 4.69) is 38.5 Å². The summed E-state index contributed by atoms with van der Waals surface area (Å²) in [6.07, 6.45) is 0. The summed E-state index contributed by atoms with van der Waals surface area (Å²) >= 11 is 6.24. The second-order valence-corrected chi connectivity index (χ2v) is 8.82. The smallest absolute Gasteiger partial charge is 0.226 e. The molecule has 1 N–H and O–H groups in total. The van der Waals surface area contributed by atoms with E-state index >= 15 is 0 Å². The molecule has 30 heavy (non-hydrogen) atoms. The highest BCUT2D eigenvalue weighted by Crippen LogP contribution is 2.27. The fourth-order valence-electron chi connectivity index (χ4n) is 4.40.